The molecule has 0 aromatic heterocycles. The van der Waals surface area contributed by atoms with Crippen molar-refractivity contribution >= 4 is 0 Å². The summed E-state index contributed by atoms with van der Waals surface area (Å²) in [5.74, 6) is 2.85. The van der Waals surface area contributed by atoms with E-state index in [1.165, 1.54) is 43.3 Å². The minimum Gasteiger partial charge on any atom is -0.393 e. The van der Waals surface area contributed by atoms with Gasteiger partial charge >= 0.3 is 0 Å². The van der Waals surface area contributed by atoms with Gasteiger partial charge < -0.3 is 10.2 Å². The first kappa shape index (κ1) is 22.8. The highest BCUT2D eigenvalue weighted by Crippen LogP contribution is 2.60. The lowest BCUT2D eigenvalue weighted by atomic mass is 9.60. The van der Waals surface area contributed by atoms with Gasteiger partial charge in [-0.1, -0.05) is 71.3 Å². The zero-order valence-corrected chi connectivity index (χ0v) is 19.3. The number of aliphatic hydroxyl groups is 2. The molecule has 3 rings (SSSR count). The van der Waals surface area contributed by atoms with Crippen molar-refractivity contribution in [3.8, 4) is 0 Å². The zero-order valence-electron chi connectivity index (χ0n) is 19.3. The van der Waals surface area contributed by atoms with Crippen molar-refractivity contribution in [1.82, 2.24) is 0 Å². The lowest BCUT2D eigenvalue weighted by molar-refractivity contribution is 0.0442. The molecule has 0 spiro atoms. The number of rotatable bonds is 6. The molecular formula is C27H44O2. The minimum atomic E-state index is -0.304. The molecule has 3 aliphatic carbocycles. The van der Waals surface area contributed by atoms with E-state index in [9.17, 15) is 10.2 Å². The average molecular weight is 401 g/mol. The molecule has 0 amide bonds. The summed E-state index contributed by atoms with van der Waals surface area (Å²) in [7, 11) is 0. The fraction of sp³-hybridized carbons (Fsp3) is 0.778. The van der Waals surface area contributed by atoms with E-state index >= 15 is 0 Å². The molecule has 0 aromatic rings. The van der Waals surface area contributed by atoms with Gasteiger partial charge in [0.1, 0.15) is 0 Å². The van der Waals surface area contributed by atoms with Crippen molar-refractivity contribution < 1.29 is 10.2 Å². The van der Waals surface area contributed by atoms with Crippen LogP contribution in [0.2, 0.25) is 0 Å². The molecule has 3 fully saturated rings. The Labute approximate surface area is 179 Å². The van der Waals surface area contributed by atoms with E-state index < -0.39 is 0 Å². The Morgan fingerprint density at radius 3 is 2.55 bits per heavy atom. The summed E-state index contributed by atoms with van der Waals surface area (Å²) < 4.78 is 0. The first-order valence-electron chi connectivity index (χ1n) is 12.2. The highest BCUT2D eigenvalue weighted by Gasteiger charge is 2.52. The van der Waals surface area contributed by atoms with E-state index in [4.69, 9.17) is 0 Å². The van der Waals surface area contributed by atoms with Gasteiger partial charge in [-0.05, 0) is 85.2 Å². The van der Waals surface area contributed by atoms with E-state index in [2.05, 4.69) is 46.4 Å². The zero-order chi connectivity index (χ0) is 21.2. The normalized spacial score (nSPS) is 39.3. The van der Waals surface area contributed by atoms with Crippen molar-refractivity contribution in [2.24, 2.45) is 29.1 Å². The highest BCUT2D eigenvalue weighted by atomic mass is 16.3. The van der Waals surface area contributed by atoms with Crippen molar-refractivity contribution in [2.75, 3.05) is 0 Å². The third kappa shape index (κ3) is 5.07. The van der Waals surface area contributed by atoms with Crippen LogP contribution >= 0.6 is 0 Å². The predicted molar refractivity (Wildman–Crippen MR) is 123 cm³/mol. The van der Waals surface area contributed by atoms with Crippen molar-refractivity contribution in [2.45, 2.75) is 104 Å². The quantitative estimate of drug-likeness (QED) is 0.528. The SMILES string of the molecule is C=C1CC[C@H](O)C/C1=C\C=C1/C(O)CC[C@]2(C)[C@@H]([C@H](C)CCCC(C)C)CC[C@@H]12. The van der Waals surface area contributed by atoms with Gasteiger partial charge in [-0.2, -0.15) is 0 Å². The maximum absolute atomic E-state index is 10.8. The van der Waals surface area contributed by atoms with Gasteiger partial charge in [0.25, 0.3) is 0 Å². The Kier molecular flexibility index (Phi) is 7.49. The van der Waals surface area contributed by atoms with Gasteiger partial charge in [-0.15, -0.1) is 0 Å². The second-order valence-corrected chi connectivity index (χ2v) is 11.0. The van der Waals surface area contributed by atoms with Crippen LogP contribution in [0, 0.1) is 29.1 Å². The Bertz CT molecular complexity index is 643. The van der Waals surface area contributed by atoms with Gasteiger partial charge in [-0.3, -0.25) is 0 Å². The van der Waals surface area contributed by atoms with E-state index in [0.717, 1.165) is 49.0 Å². The molecule has 2 N–H and O–H groups in total. The topological polar surface area (TPSA) is 40.5 Å². The molecule has 164 valence electrons. The molecule has 0 bridgehead atoms. The summed E-state index contributed by atoms with van der Waals surface area (Å²) in [6.07, 6.45) is 14.8. The minimum absolute atomic E-state index is 0.241. The average Bonchev–Trinajstić information content (AvgIpc) is 3.01. The van der Waals surface area contributed by atoms with Crippen LogP contribution in [0.3, 0.4) is 0 Å². The van der Waals surface area contributed by atoms with Gasteiger partial charge in [0.05, 0.1) is 12.2 Å². The van der Waals surface area contributed by atoms with Crippen LogP contribution in [0.1, 0.15) is 91.9 Å². The largest absolute Gasteiger partial charge is 0.393 e. The van der Waals surface area contributed by atoms with Gasteiger partial charge in [0.2, 0.25) is 0 Å². The van der Waals surface area contributed by atoms with Gasteiger partial charge in [0.15, 0.2) is 0 Å². The summed E-state index contributed by atoms with van der Waals surface area (Å²) in [6, 6.07) is 0. The monoisotopic (exact) mass is 400 g/mol. The molecular weight excluding hydrogens is 356 g/mol. The van der Waals surface area contributed by atoms with E-state index in [-0.39, 0.29) is 12.2 Å². The number of hydrogen-bond donors (Lipinski definition) is 2. The second-order valence-electron chi connectivity index (χ2n) is 11.0. The Hall–Kier alpha value is -0.860. The summed E-state index contributed by atoms with van der Waals surface area (Å²) in [4.78, 5) is 0. The lowest BCUT2D eigenvalue weighted by Crippen LogP contribution is -2.40. The van der Waals surface area contributed by atoms with E-state index in [1.54, 1.807) is 0 Å². The molecule has 0 aromatic carbocycles. The molecule has 0 aliphatic heterocycles. The molecule has 2 nitrogen and oxygen atoms in total. The number of allylic oxidation sites excluding steroid dienone is 3. The van der Waals surface area contributed by atoms with Crippen LogP contribution in [0.15, 0.2) is 35.5 Å². The molecule has 0 saturated heterocycles. The molecule has 0 radical (unpaired) electrons. The molecule has 1 unspecified atom stereocenters. The third-order valence-electron chi connectivity index (χ3n) is 8.45. The van der Waals surface area contributed by atoms with Gasteiger partial charge in [-0.25, -0.2) is 0 Å². The summed E-state index contributed by atoms with van der Waals surface area (Å²) in [5, 5.41) is 20.9. The molecule has 3 saturated carbocycles. The van der Waals surface area contributed by atoms with Crippen LogP contribution < -0.4 is 0 Å². The molecule has 0 heterocycles. The molecule has 29 heavy (non-hydrogen) atoms. The van der Waals surface area contributed by atoms with Crippen molar-refractivity contribution in [3.63, 3.8) is 0 Å². The summed E-state index contributed by atoms with van der Waals surface area (Å²) >= 11 is 0. The van der Waals surface area contributed by atoms with Crippen molar-refractivity contribution in [3.05, 3.63) is 35.5 Å². The highest BCUT2D eigenvalue weighted by molar-refractivity contribution is 5.37. The first-order valence-corrected chi connectivity index (χ1v) is 12.2. The predicted octanol–water partition coefficient (Wildman–Crippen LogP) is 6.59. The van der Waals surface area contributed by atoms with Crippen LogP contribution in [0.5, 0.6) is 0 Å². The fourth-order valence-electron chi connectivity index (χ4n) is 6.61. The third-order valence-corrected chi connectivity index (χ3v) is 8.45. The van der Waals surface area contributed by atoms with Gasteiger partial charge in [0, 0.05) is 0 Å². The van der Waals surface area contributed by atoms with Crippen LogP contribution in [0.4, 0.5) is 0 Å². The number of aliphatic hydroxyl groups excluding tert-OH is 2. The maximum Gasteiger partial charge on any atom is 0.0756 e. The molecule has 6 atom stereocenters. The molecule has 3 aliphatic rings. The smallest absolute Gasteiger partial charge is 0.0756 e. The Morgan fingerprint density at radius 1 is 1.07 bits per heavy atom. The number of hydrogen-bond acceptors (Lipinski definition) is 2. The Balaban J connectivity index is 1.75. The maximum atomic E-state index is 10.8. The first-order chi connectivity index (χ1) is 13.7. The standard InChI is InChI=1S/C27H44O2/c1-18(2)7-6-8-20(4)24-13-14-25-23(26(29)15-16-27(24,25)5)12-10-21-17-22(28)11-9-19(21)3/h10,12,18,20,22,24-26,28-29H,3,6-9,11,13-17H2,1-2,4-5H3/b21-10+,23-12-/t20-,22+,24-,25+,26?,27-/m1/s1. The second kappa shape index (κ2) is 9.52. The van der Waals surface area contributed by atoms with Crippen LogP contribution in [-0.4, -0.2) is 22.4 Å². The fourth-order valence-corrected chi connectivity index (χ4v) is 6.61. The van der Waals surface area contributed by atoms with Crippen molar-refractivity contribution in [1.29, 1.82) is 0 Å². The number of fused-ring (bicyclic) bond motifs is 1. The van der Waals surface area contributed by atoms with E-state index in [1.807, 2.05) is 0 Å². The Morgan fingerprint density at radius 2 is 1.83 bits per heavy atom. The molecule has 2 heteroatoms. The summed E-state index contributed by atoms with van der Waals surface area (Å²) in [5.41, 5.74) is 3.90. The summed E-state index contributed by atoms with van der Waals surface area (Å²) in [6.45, 7) is 13.8. The lowest BCUT2D eigenvalue weighted by Gasteiger charge is -2.46. The van der Waals surface area contributed by atoms with Crippen LogP contribution in [0.25, 0.3) is 0 Å². The van der Waals surface area contributed by atoms with Crippen LogP contribution in [-0.2, 0) is 0 Å². The van der Waals surface area contributed by atoms with E-state index in [0.29, 0.717) is 17.8 Å².